The van der Waals surface area contributed by atoms with Gasteiger partial charge >= 0.3 is 0 Å². The van der Waals surface area contributed by atoms with Crippen LogP contribution in [0.4, 0.5) is 11.4 Å². The Morgan fingerprint density at radius 2 is 1.64 bits per heavy atom. The summed E-state index contributed by atoms with van der Waals surface area (Å²) in [6, 6.07) is 23.3. The first kappa shape index (κ1) is 18.0. The van der Waals surface area contributed by atoms with Crippen molar-refractivity contribution in [2.24, 2.45) is 0 Å². The molecule has 0 saturated carbocycles. The van der Waals surface area contributed by atoms with Crippen LogP contribution < -0.4 is 10.2 Å². The minimum absolute atomic E-state index is 0.149. The summed E-state index contributed by atoms with van der Waals surface area (Å²) in [5.41, 5.74) is 5.44. The maximum Gasteiger partial charge on any atom is 0.255 e. The third-order valence-corrected chi connectivity index (χ3v) is 5.07. The van der Waals surface area contributed by atoms with Gasteiger partial charge in [0.05, 0.1) is 0 Å². The molecule has 1 fully saturated rings. The van der Waals surface area contributed by atoms with Crippen molar-refractivity contribution >= 4 is 23.2 Å². The van der Waals surface area contributed by atoms with Gasteiger partial charge in [-0.3, -0.25) is 9.59 Å². The van der Waals surface area contributed by atoms with Crippen LogP contribution in [-0.2, 0) is 4.79 Å². The van der Waals surface area contributed by atoms with Crippen molar-refractivity contribution in [3.8, 4) is 11.1 Å². The van der Waals surface area contributed by atoms with E-state index in [0.29, 0.717) is 12.0 Å². The molecule has 1 aliphatic heterocycles. The molecule has 0 spiro atoms. The number of aryl methyl sites for hydroxylation is 1. The van der Waals surface area contributed by atoms with Crippen LogP contribution in [-0.4, -0.2) is 18.4 Å². The maximum absolute atomic E-state index is 12.6. The van der Waals surface area contributed by atoms with E-state index in [1.807, 2.05) is 84.6 Å². The zero-order valence-electron chi connectivity index (χ0n) is 15.8. The number of hydrogen-bond donors (Lipinski definition) is 1. The van der Waals surface area contributed by atoms with E-state index in [9.17, 15) is 9.59 Å². The van der Waals surface area contributed by atoms with Crippen molar-refractivity contribution in [1.82, 2.24) is 0 Å². The minimum atomic E-state index is -0.149. The number of benzene rings is 3. The molecule has 0 aliphatic carbocycles. The van der Waals surface area contributed by atoms with E-state index >= 15 is 0 Å². The number of carbonyl (C=O) groups excluding carboxylic acids is 2. The van der Waals surface area contributed by atoms with Crippen molar-refractivity contribution in [3.63, 3.8) is 0 Å². The second-order valence-electron chi connectivity index (χ2n) is 7.05. The van der Waals surface area contributed by atoms with Crippen LogP contribution >= 0.6 is 0 Å². The molecule has 0 bridgehead atoms. The molecule has 1 aliphatic rings. The van der Waals surface area contributed by atoms with Crippen molar-refractivity contribution < 1.29 is 9.59 Å². The van der Waals surface area contributed by atoms with Crippen molar-refractivity contribution in [1.29, 1.82) is 0 Å². The fourth-order valence-electron chi connectivity index (χ4n) is 3.59. The molecule has 4 nitrogen and oxygen atoms in total. The number of amides is 2. The summed E-state index contributed by atoms with van der Waals surface area (Å²) < 4.78 is 0. The smallest absolute Gasteiger partial charge is 0.255 e. The Kier molecular flexibility index (Phi) is 4.94. The van der Waals surface area contributed by atoms with E-state index < -0.39 is 0 Å². The van der Waals surface area contributed by atoms with Crippen LogP contribution in [0.25, 0.3) is 11.1 Å². The predicted molar refractivity (Wildman–Crippen MR) is 113 cm³/mol. The van der Waals surface area contributed by atoms with Gasteiger partial charge in [0.1, 0.15) is 0 Å². The molecule has 140 valence electrons. The molecule has 28 heavy (non-hydrogen) atoms. The van der Waals surface area contributed by atoms with Crippen molar-refractivity contribution in [2.75, 3.05) is 16.8 Å². The van der Waals surface area contributed by atoms with E-state index in [1.54, 1.807) is 0 Å². The molecule has 4 heteroatoms. The standard InChI is InChI=1S/C24H22N2O2/c1-17-16-21(13-14-22(17)26-15-5-8-23(26)27)25-24(28)20-11-9-19(10-12-20)18-6-3-2-4-7-18/h2-4,6-7,9-14,16H,5,8,15H2,1H3,(H,25,28). The Hall–Kier alpha value is -3.40. The molecule has 3 aromatic carbocycles. The Bertz CT molecular complexity index is 1010. The highest BCUT2D eigenvalue weighted by Gasteiger charge is 2.23. The van der Waals surface area contributed by atoms with Gasteiger partial charge in [0.15, 0.2) is 0 Å². The average Bonchev–Trinajstić information content (AvgIpc) is 3.14. The number of hydrogen-bond acceptors (Lipinski definition) is 2. The van der Waals surface area contributed by atoms with Gasteiger partial charge in [-0.05, 0) is 60.4 Å². The van der Waals surface area contributed by atoms with Gasteiger partial charge in [0, 0.05) is 29.9 Å². The van der Waals surface area contributed by atoms with E-state index in [0.717, 1.165) is 41.0 Å². The summed E-state index contributed by atoms with van der Waals surface area (Å²) in [5.74, 6) is 0.0161. The summed E-state index contributed by atoms with van der Waals surface area (Å²) in [6.07, 6.45) is 1.51. The zero-order valence-corrected chi connectivity index (χ0v) is 15.8. The second kappa shape index (κ2) is 7.69. The number of rotatable bonds is 4. The van der Waals surface area contributed by atoms with Gasteiger partial charge in [0.25, 0.3) is 5.91 Å². The van der Waals surface area contributed by atoms with E-state index in [-0.39, 0.29) is 11.8 Å². The second-order valence-corrected chi connectivity index (χ2v) is 7.05. The lowest BCUT2D eigenvalue weighted by Crippen LogP contribution is -2.24. The van der Waals surface area contributed by atoms with Gasteiger partial charge < -0.3 is 10.2 Å². The van der Waals surface area contributed by atoms with Gasteiger partial charge in [-0.1, -0.05) is 42.5 Å². The molecule has 0 unspecified atom stereocenters. The van der Waals surface area contributed by atoms with Crippen LogP contribution in [0.1, 0.15) is 28.8 Å². The van der Waals surface area contributed by atoms with Crippen molar-refractivity contribution in [2.45, 2.75) is 19.8 Å². The van der Waals surface area contributed by atoms with Gasteiger partial charge in [-0.25, -0.2) is 0 Å². The quantitative estimate of drug-likeness (QED) is 0.699. The van der Waals surface area contributed by atoms with E-state index in [4.69, 9.17) is 0 Å². The molecule has 0 radical (unpaired) electrons. The summed E-state index contributed by atoms with van der Waals surface area (Å²) in [4.78, 5) is 26.4. The highest BCUT2D eigenvalue weighted by atomic mass is 16.2. The molecule has 2 amide bonds. The van der Waals surface area contributed by atoms with Gasteiger partial charge in [-0.15, -0.1) is 0 Å². The predicted octanol–water partition coefficient (Wildman–Crippen LogP) is 5.04. The van der Waals surface area contributed by atoms with Crippen molar-refractivity contribution in [3.05, 3.63) is 83.9 Å². The summed E-state index contributed by atoms with van der Waals surface area (Å²) in [7, 11) is 0. The lowest BCUT2D eigenvalue weighted by molar-refractivity contribution is -0.117. The van der Waals surface area contributed by atoms with Crippen LogP contribution in [0, 0.1) is 6.92 Å². The Balaban J connectivity index is 1.47. The first-order chi connectivity index (χ1) is 13.6. The zero-order chi connectivity index (χ0) is 19.5. The number of anilines is 2. The topological polar surface area (TPSA) is 49.4 Å². The molecule has 0 aromatic heterocycles. The SMILES string of the molecule is Cc1cc(NC(=O)c2ccc(-c3ccccc3)cc2)ccc1N1CCCC1=O. The fourth-order valence-corrected chi connectivity index (χ4v) is 3.59. The highest BCUT2D eigenvalue weighted by molar-refractivity contribution is 6.05. The number of nitrogens with zero attached hydrogens (tertiary/aromatic N) is 1. The number of nitrogens with one attached hydrogen (secondary N) is 1. The summed E-state index contributed by atoms with van der Waals surface area (Å²) in [6.45, 7) is 2.73. The third kappa shape index (κ3) is 3.67. The Morgan fingerprint density at radius 3 is 2.29 bits per heavy atom. The lowest BCUT2D eigenvalue weighted by Gasteiger charge is -2.19. The van der Waals surface area contributed by atoms with Crippen LogP contribution in [0.5, 0.6) is 0 Å². The van der Waals surface area contributed by atoms with Gasteiger partial charge in [0.2, 0.25) is 5.91 Å². The average molecular weight is 370 g/mol. The largest absolute Gasteiger partial charge is 0.322 e. The molecule has 0 atom stereocenters. The molecule has 1 heterocycles. The normalized spacial score (nSPS) is 13.6. The van der Waals surface area contributed by atoms with Crippen LogP contribution in [0.15, 0.2) is 72.8 Å². The Morgan fingerprint density at radius 1 is 0.929 bits per heavy atom. The first-order valence-electron chi connectivity index (χ1n) is 9.50. The fraction of sp³-hybridized carbons (Fsp3) is 0.167. The van der Waals surface area contributed by atoms with Crippen LogP contribution in [0.2, 0.25) is 0 Å². The minimum Gasteiger partial charge on any atom is -0.322 e. The van der Waals surface area contributed by atoms with E-state index in [1.165, 1.54) is 0 Å². The molecule has 1 N–H and O–H groups in total. The molecular weight excluding hydrogens is 348 g/mol. The first-order valence-corrected chi connectivity index (χ1v) is 9.50. The third-order valence-electron chi connectivity index (χ3n) is 5.07. The molecule has 1 saturated heterocycles. The monoisotopic (exact) mass is 370 g/mol. The molecule has 3 aromatic rings. The summed E-state index contributed by atoms with van der Waals surface area (Å²) in [5, 5.41) is 2.94. The van der Waals surface area contributed by atoms with Crippen LogP contribution in [0.3, 0.4) is 0 Å². The lowest BCUT2D eigenvalue weighted by atomic mass is 10.0. The molecular formula is C24H22N2O2. The highest BCUT2D eigenvalue weighted by Crippen LogP contribution is 2.28. The number of carbonyl (C=O) groups is 2. The van der Waals surface area contributed by atoms with E-state index in [2.05, 4.69) is 5.32 Å². The van der Waals surface area contributed by atoms with Gasteiger partial charge in [-0.2, -0.15) is 0 Å². The molecule has 4 rings (SSSR count). The maximum atomic E-state index is 12.6. The Labute approximate surface area is 164 Å². The summed E-state index contributed by atoms with van der Waals surface area (Å²) >= 11 is 0.